The number of nitrogens with two attached hydrogens (primary N) is 1. The minimum atomic E-state index is -0.0338. The van der Waals surface area contributed by atoms with Crippen LogP contribution in [0.15, 0.2) is 4.99 Å². The van der Waals surface area contributed by atoms with E-state index in [1.807, 2.05) is 6.92 Å². The second-order valence-corrected chi connectivity index (χ2v) is 3.28. The van der Waals surface area contributed by atoms with Crippen LogP contribution in [0.1, 0.15) is 20.3 Å². The first-order valence-electron chi connectivity index (χ1n) is 4.24. The molecule has 0 aliphatic heterocycles. The number of hydrogen-bond acceptors (Lipinski definition) is 2. The smallest absolute Gasteiger partial charge is 0.188 e. The van der Waals surface area contributed by atoms with Crippen molar-refractivity contribution in [3.8, 4) is 0 Å². The summed E-state index contributed by atoms with van der Waals surface area (Å²) in [5, 5.41) is 3.10. The Morgan fingerprint density at radius 3 is 2.92 bits per heavy atom. The van der Waals surface area contributed by atoms with E-state index in [0.717, 1.165) is 13.0 Å². The molecule has 3 N–H and O–H groups in total. The van der Waals surface area contributed by atoms with Crippen molar-refractivity contribution in [1.29, 1.82) is 0 Å². The Morgan fingerprint density at radius 2 is 2.50 bits per heavy atom. The van der Waals surface area contributed by atoms with Gasteiger partial charge in [0.15, 0.2) is 5.96 Å². The molecule has 0 radical (unpaired) electrons. The van der Waals surface area contributed by atoms with E-state index in [2.05, 4.69) is 17.2 Å². The molecule has 4 heteroatoms. The highest BCUT2D eigenvalue weighted by Gasteiger charge is 2.51. The van der Waals surface area contributed by atoms with Crippen molar-refractivity contribution in [2.24, 2.45) is 10.7 Å². The lowest BCUT2D eigenvalue weighted by molar-refractivity contribution is 0.0895. The summed E-state index contributed by atoms with van der Waals surface area (Å²) < 4.78 is 5.27. The topological polar surface area (TPSA) is 59.6 Å². The van der Waals surface area contributed by atoms with Crippen LogP contribution in [0.3, 0.4) is 0 Å². The van der Waals surface area contributed by atoms with Crippen LogP contribution < -0.4 is 11.1 Å². The van der Waals surface area contributed by atoms with Crippen molar-refractivity contribution in [2.75, 3.05) is 13.7 Å². The Bertz CT molecular complexity index is 193. The molecule has 70 valence electrons. The van der Waals surface area contributed by atoms with Gasteiger partial charge in [0.2, 0.25) is 0 Å². The highest BCUT2D eigenvalue weighted by Crippen LogP contribution is 2.38. The number of guanidine groups is 1. The van der Waals surface area contributed by atoms with Crippen molar-refractivity contribution in [1.82, 2.24) is 5.32 Å². The van der Waals surface area contributed by atoms with E-state index >= 15 is 0 Å². The second kappa shape index (κ2) is 3.31. The molecule has 1 aliphatic carbocycles. The zero-order valence-corrected chi connectivity index (χ0v) is 7.92. The summed E-state index contributed by atoms with van der Waals surface area (Å²) in [5.41, 5.74) is 5.55. The molecule has 0 saturated heterocycles. The van der Waals surface area contributed by atoms with Gasteiger partial charge in [0, 0.05) is 20.1 Å². The second-order valence-electron chi connectivity index (χ2n) is 3.28. The monoisotopic (exact) mass is 171 g/mol. The maximum Gasteiger partial charge on any atom is 0.188 e. The van der Waals surface area contributed by atoms with Crippen LogP contribution in [-0.4, -0.2) is 31.3 Å². The predicted octanol–water partition coefficient (Wildman–Crippen LogP) is 0.0880. The molecule has 0 amide bonds. The number of hydrogen-bond donors (Lipinski definition) is 2. The van der Waals surface area contributed by atoms with Gasteiger partial charge in [-0.25, -0.2) is 0 Å². The maximum atomic E-state index is 5.58. The standard InChI is InChI=1S/C8H17N3O/c1-4-10-7(9)11-6-5-8(6,2)12-3/h6H,4-5H2,1-3H3,(H3,9,10,11). The van der Waals surface area contributed by atoms with E-state index < -0.39 is 0 Å². The van der Waals surface area contributed by atoms with Gasteiger partial charge in [-0.1, -0.05) is 0 Å². The SMILES string of the molecule is CCN=C(N)NC1CC1(C)OC. The van der Waals surface area contributed by atoms with Gasteiger partial charge in [0.25, 0.3) is 0 Å². The summed E-state index contributed by atoms with van der Waals surface area (Å²) >= 11 is 0. The molecule has 0 bridgehead atoms. The lowest BCUT2D eigenvalue weighted by atomic mass is 10.4. The Kier molecular flexibility index (Phi) is 2.57. The van der Waals surface area contributed by atoms with Crippen molar-refractivity contribution >= 4 is 5.96 Å². The molecule has 0 spiro atoms. The van der Waals surface area contributed by atoms with Crippen LogP contribution in [-0.2, 0) is 4.74 Å². The van der Waals surface area contributed by atoms with Gasteiger partial charge in [-0.15, -0.1) is 0 Å². The van der Waals surface area contributed by atoms with E-state index in [-0.39, 0.29) is 5.60 Å². The van der Waals surface area contributed by atoms with Crippen LogP contribution in [0, 0.1) is 0 Å². The lowest BCUT2D eigenvalue weighted by Gasteiger charge is -2.09. The van der Waals surface area contributed by atoms with E-state index in [1.54, 1.807) is 7.11 Å². The number of nitrogens with zero attached hydrogens (tertiary/aromatic N) is 1. The summed E-state index contributed by atoms with van der Waals surface area (Å²) in [6.45, 7) is 4.73. The minimum absolute atomic E-state index is 0.0338. The molecule has 12 heavy (non-hydrogen) atoms. The molecular weight excluding hydrogens is 154 g/mol. The van der Waals surface area contributed by atoms with Gasteiger partial charge < -0.3 is 15.8 Å². The molecule has 0 aromatic heterocycles. The Morgan fingerprint density at radius 1 is 1.83 bits per heavy atom. The van der Waals surface area contributed by atoms with Crippen LogP contribution in [0.5, 0.6) is 0 Å². The van der Waals surface area contributed by atoms with Crippen molar-refractivity contribution in [3.63, 3.8) is 0 Å². The number of methoxy groups -OCH3 is 1. The lowest BCUT2D eigenvalue weighted by Crippen LogP contribution is -2.37. The highest BCUT2D eigenvalue weighted by molar-refractivity contribution is 5.78. The average Bonchev–Trinajstić information content (AvgIpc) is 2.63. The Labute approximate surface area is 73.2 Å². The summed E-state index contributed by atoms with van der Waals surface area (Å²) in [6, 6.07) is 0.331. The molecule has 1 aliphatic rings. The third-order valence-electron chi connectivity index (χ3n) is 2.30. The molecule has 2 atom stereocenters. The largest absolute Gasteiger partial charge is 0.376 e. The zero-order chi connectivity index (χ0) is 9.19. The van der Waals surface area contributed by atoms with Gasteiger partial charge in [0.1, 0.15) is 0 Å². The molecule has 1 rings (SSSR count). The van der Waals surface area contributed by atoms with Crippen LogP contribution in [0.4, 0.5) is 0 Å². The molecule has 0 aromatic carbocycles. The fraction of sp³-hybridized carbons (Fsp3) is 0.875. The Balaban J connectivity index is 2.32. The van der Waals surface area contributed by atoms with Crippen molar-refractivity contribution in [3.05, 3.63) is 0 Å². The minimum Gasteiger partial charge on any atom is -0.376 e. The molecule has 0 aromatic rings. The fourth-order valence-corrected chi connectivity index (χ4v) is 1.17. The zero-order valence-electron chi connectivity index (χ0n) is 7.92. The summed E-state index contributed by atoms with van der Waals surface area (Å²) in [7, 11) is 1.72. The molecular formula is C8H17N3O. The normalized spacial score (nSPS) is 34.9. The molecule has 2 unspecified atom stereocenters. The third kappa shape index (κ3) is 1.88. The molecule has 1 fully saturated rings. The number of rotatable bonds is 3. The first-order chi connectivity index (χ1) is 5.62. The molecule has 4 nitrogen and oxygen atoms in total. The van der Waals surface area contributed by atoms with Gasteiger partial charge in [0.05, 0.1) is 11.6 Å². The first-order valence-corrected chi connectivity index (χ1v) is 4.24. The fourth-order valence-electron chi connectivity index (χ4n) is 1.17. The van der Waals surface area contributed by atoms with E-state index in [1.165, 1.54) is 0 Å². The Hall–Kier alpha value is -0.770. The summed E-state index contributed by atoms with van der Waals surface area (Å²) in [6.07, 6.45) is 1.00. The average molecular weight is 171 g/mol. The van der Waals surface area contributed by atoms with Gasteiger partial charge in [-0.2, -0.15) is 0 Å². The van der Waals surface area contributed by atoms with Crippen LogP contribution in [0.25, 0.3) is 0 Å². The number of aliphatic imine (C=N–C) groups is 1. The molecule has 0 heterocycles. The van der Waals surface area contributed by atoms with Gasteiger partial charge >= 0.3 is 0 Å². The summed E-state index contributed by atoms with van der Waals surface area (Å²) in [5.74, 6) is 0.517. The van der Waals surface area contributed by atoms with Crippen molar-refractivity contribution < 1.29 is 4.74 Å². The highest BCUT2D eigenvalue weighted by atomic mass is 16.5. The van der Waals surface area contributed by atoms with Crippen LogP contribution in [0.2, 0.25) is 0 Å². The summed E-state index contributed by atoms with van der Waals surface area (Å²) in [4.78, 5) is 4.03. The quantitative estimate of drug-likeness (QED) is 0.467. The van der Waals surface area contributed by atoms with Crippen molar-refractivity contribution in [2.45, 2.75) is 31.9 Å². The van der Waals surface area contributed by atoms with E-state index in [0.29, 0.717) is 12.0 Å². The van der Waals surface area contributed by atoms with Gasteiger partial charge in [-0.05, 0) is 13.8 Å². The first kappa shape index (κ1) is 9.32. The predicted molar refractivity (Wildman–Crippen MR) is 49.1 cm³/mol. The van der Waals surface area contributed by atoms with Crippen LogP contribution >= 0.6 is 0 Å². The van der Waals surface area contributed by atoms with E-state index in [9.17, 15) is 0 Å². The van der Waals surface area contributed by atoms with E-state index in [4.69, 9.17) is 10.5 Å². The maximum absolute atomic E-state index is 5.58. The number of nitrogens with one attached hydrogen (secondary N) is 1. The number of ether oxygens (including phenoxy) is 1. The molecule has 1 saturated carbocycles. The van der Waals surface area contributed by atoms with Gasteiger partial charge in [-0.3, -0.25) is 4.99 Å². The third-order valence-corrected chi connectivity index (χ3v) is 2.30.